The largest absolute Gasteiger partial charge is 0.421 e. The predicted octanol–water partition coefficient (Wildman–Crippen LogP) is 3.55. The van der Waals surface area contributed by atoms with Crippen LogP contribution in [0, 0.1) is 0 Å². The maximum atomic E-state index is 12.7. The molecule has 0 saturated carbocycles. The standard InChI is InChI=1S/C19H13ClN2O4/c1-12(23)22(18(24)13-4-6-15(20)7-5-13)16-8-9-17(26-19(16)25)14-3-2-10-21-11-14/h2-11H,1H3. The number of aromatic nitrogens is 1. The van der Waals surface area contributed by atoms with Gasteiger partial charge in [-0.2, -0.15) is 0 Å². The van der Waals surface area contributed by atoms with E-state index in [-0.39, 0.29) is 17.0 Å². The van der Waals surface area contributed by atoms with Crippen molar-refractivity contribution in [2.45, 2.75) is 6.92 Å². The summed E-state index contributed by atoms with van der Waals surface area (Å²) >= 11 is 5.81. The zero-order valence-corrected chi connectivity index (χ0v) is 14.4. The van der Waals surface area contributed by atoms with Gasteiger partial charge in [-0.25, -0.2) is 9.69 Å². The first-order valence-corrected chi connectivity index (χ1v) is 8.00. The van der Waals surface area contributed by atoms with Crippen molar-refractivity contribution in [3.05, 3.63) is 81.9 Å². The van der Waals surface area contributed by atoms with Crippen LogP contribution in [0.1, 0.15) is 17.3 Å². The second-order valence-electron chi connectivity index (χ2n) is 5.38. The molecule has 0 aliphatic carbocycles. The number of halogens is 1. The van der Waals surface area contributed by atoms with Crippen LogP contribution in [-0.4, -0.2) is 16.8 Å². The number of carbonyl (C=O) groups is 2. The molecule has 0 fully saturated rings. The molecular formula is C19H13ClN2O4. The fourth-order valence-electron chi connectivity index (χ4n) is 2.38. The smallest absolute Gasteiger partial charge is 0.360 e. The maximum absolute atomic E-state index is 12.7. The number of pyridine rings is 1. The molecule has 0 aliphatic rings. The minimum Gasteiger partial charge on any atom is -0.421 e. The summed E-state index contributed by atoms with van der Waals surface area (Å²) in [6, 6.07) is 12.3. The molecule has 6 nitrogen and oxygen atoms in total. The summed E-state index contributed by atoms with van der Waals surface area (Å²) in [6.45, 7) is 1.20. The monoisotopic (exact) mass is 368 g/mol. The molecule has 1 aromatic carbocycles. The Morgan fingerprint density at radius 1 is 1.08 bits per heavy atom. The zero-order chi connectivity index (χ0) is 18.7. The number of benzene rings is 1. The molecular weight excluding hydrogens is 356 g/mol. The Balaban J connectivity index is 2.01. The number of amides is 2. The van der Waals surface area contributed by atoms with Gasteiger partial charge < -0.3 is 4.42 Å². The first kappa shape index (κ1) is 17.6. The number of nitrogens with zero attached hydrogens (tertiary/aromatic N) is 2. The van der Waals surface area contributed by atoms with Gasteiger partial charge in [0.15, 0.2) is 0 Å². The first-order chi connectivity index (χ1) is 12.5. The molecule has 0 saturated heterocycles. The molecule has 0 unspecified atom stereocenters. The molecule has 0 bridgehead atoms. The van der Waals surface area contributed by atoms with E-state index < -0.39 is 17.4 Å². The number of rotatable bonds is 3. The number of hydrogen-bond acceptors (Lipinski definition) is 5. The Hall–Kier alpha value is -3.25. The van der Waals surface area contributed by atoms with Crippen LogP contribution in [-0.2, 0) is 4.79 Å². The summed E-state index contributed by atoms with van der Waals surface area (Å²) in [5.74, 6) is -0.962. The molecule has 0 radical (unpaired) electrons. The summed E-state index contributed by atoms with van der Waals surface area (Å²) < 4.78 is 5.27. The summed E-state index contributed by atoms with van der Waals surface area (Å²) in [5, 5.41) is 0.455. The molecule has 0 spiro atoms. The van der Waals surface area contributed by atoms with E-state index in [0.717, 1.165) is 4.90 Å². The maximum Gasteiger partial charge on any atom is 0.360 e. The van der Waals surface area contributed by atoms with E-state index >= 15 is 0 Å². The molecule has 2 heterocycles. The summed E-state index contributed by atoms with van der Waals surface area (Å²) in [5.41, 5.74) is -0.135. The number of imide groups is 1. The number of anilines is 1. The van der Waals surface area contributed by atoms with E-state index in [1.54, 1.807) is 24.5 Å². The van der Waals surface area contributed by atoms with Crippen molar-refractivity contribution in [3.8, 4) is 11.3 Å². The van der Waals surface area contributed by atoms with Gasteiger partial charge in [0, 0.05) is 35.5 Å². The average molecular weight is 369 g/mol. The zero-order valence-electron chi connectivity index (χ0n) is 13.7. The Bertz CT molecular complexity index is 1010. The third-order valence-electron chi connectivity index (χ3n) is 3.60. The van der Waals surface area contributed by atoms with Crippen LogP contribution in [0.15, 0.2) is 70.1 Å². The van der Waals surface area contributed by atoms with Gasteiger partial charge in [-0.1, -0.05) is 11.6 Å². The van der Waals surface area contributed by atoms with E-state index in [9.17, 15) is 14.4 Å². The molecule has 26 heavy (non-hydrogen) atoms. The van der Waals surface area contributed by atoms with Crippen LogP contribution in [0.3, 0.4) is 0 Å². The third-order valence-corrected chi connectivity index (χ3v) is 3.85. The Labute approximate surface area is 153 Å². The second-order valence-corrected chi connectivity index (χ2v) is 5.82. The third kappa shape index (κ3) is 3.55. The Kier molecular flexibility index (Phi) is 4.95. The van der Waals surface area contributed by atoms with Gasteiger partial charge >= 0.3 is 5.63 Å². The molecule has 0 N–H and O–H groups in total. The fraction of sp³-hybridized carbons (Fsp3) is 0.0526. The summed E-state index contributed by atoms with van der Waals surface area (Å²) in [7, 11) is 0. The molecule has 130 valence electrons. The van der Waals surface area contributed by atoms with Crippen molar-refractivity contribution in [2.24, 2.45) is 0 Å². The predicted molar refractivity (Wildman–Crippen MR) is 97.2 cm³/mol. The lowest BCUT2D eigenvalue weighted by Gasteiger charge is -2.18. The molecule has 2 aromatic heterocycles. The van der Waals surface area contributed by atoms with Gasteiger partial charge in [0.25, 0.3) is 5.91 Å². The number of carbonyl (C=O) groups excluding carboxylic acids is 2. The lowest BCUT2D eigenvalue weighted by molar-refractivity contribution is -0.116. The Morgan fingerprint density at radius 3 is 2.38 bits per heavy atom. The highest BCUT2D eigenvalue weighted by Crippen LogP contribution is 2.21. The lowest BCUT2D eigenvalue weighted by Crippen LogP contribution is -2.38. The van der Waals surface area contributed by atoms with Crippen molar-refractivity contribution in [2.75, 3.05) is 4.90 Å². The van der Waals surface area contributed by atoms with Gasteiger partial charge in [0.05, 0.1) is 0 Å². The topological polar surface area (TPSA) is 80.5 Å². The van der Waals surface area contributed by atoms with Crippen LogP contribution in [0.2, 0.25) is 5.02 Å². The van der Waals surface area contributed by atoms with Gasteiger partial charge in [0.2, 0.25) is 5.91 Å². The fourth-order valence-corrected chi connectivity index (χ4v) is 2.51. The van der Waals surface area contributed by atoms with E-state index in [1.165, 1.54) is 43.3 Å². The summed E-state index contributed by atoms with van der Waals surface area (Å²) in [4.78, 5) is 41.8. The minimum absolute atomic E-state index is 0.162. The van der Waals surface area contributed by atoms with Crippen LogP contribution in [0.5, 0.6) is 0 Å². The molecule has 3 aromatic rings. The SMILES string of the molecule is CC(=O)N(C(=O)c1ccc(Cl)cc1)c1ccc(-c2cccnc2)oc1=O. The lowest BCUT2D eigenvalue weighted by atomic mass is 10.1. The first-order valence-electron chi connectivity index (χ1n) is 7.62. The van der Waals surface area contributed by atoms with Crippen LogP contribution in [0.25, 0.3) is 11.3 Å². The molecule has 0 atom stereocenters. The van der Waals surface area contributed by atoms with E-state index in [0.29, 0.717) is 10.6 Å². The normalized spacial score (nSPS) is 10.4. The van der Waals surface area contributed by atoms with Crippen molar-refractivity contribution >= 4 is 29.1 Å². The quantitative estimate of drug-likeness (QED) is 0.706. The van der Waals surface area contributed by atoms with E-state index in [1.807, 2.05) is 0 Å². The van der Waals surface area contributed by atoms with Gasteiger partial charge in [0.1, 0.15) is 11.4 Å². The molecule has 0 aliphatic heterocycles. The van der Waals surface area contributed by atoms with Gasteiger partial charge in [-0.3, -0.25) is 14.6 Å². The van der Waals surface area contributed by atoms with E-state index in [4.69, 9.17) is 16.0 Å². The van der Waals surface area contributed by atoms with Crippen molar-refractivity contribution < 1.29 is 14.0 Å². The highest BCUT2D eigenvalue weighted by Gasteiger charge is 2.25. The highest BCUT2D eigenvalue weighted by molar-refractivity contribution is 6.30. The number of hydrogen-bond donors (Lipinski definition) is 0. The minimum atomic E-state index is -0.802. The van der Waals surface area contributed by atoms with Crippen LogP contribution < -0.4 is 10.5 Å². The highest BCUT2D eigenvalue weighted by atomic mass is 35.5. The van der Waals surface area contributed by atoms with Crippen LogP contribution in [0.4, 0.5) is 5.69 Å². The second kappa shape index (κ2) is 7.33. The van der Waals surface area contributed by atoms with Crippen molar-refractivity contribution in [3.63, 3.8) is 0 Å². The van der Waals surface area contributed by atoms with Crippen LogP contribution >= 0.6 is 11.6 Å². The van der Waals surface area contributed by atoms with Crippen molar-refractivity contribution in [1.29, 1.82) is 0 Å². The summed E-state index contributed by atoms with van der Waals surface area (Å²) in [6.07, 6.45) is 3.14. The van der Waals surface area contributed by atoms with Gasteiger partial charge in [-0.15, -0.1) is 0 Å². The van der Waals surface area contributed by atoms with E-state index in [2.05, 4.69) is 4.98 Å². The molecule has 7 heteroatoms. The molecule has 2 amide bonds. The van der Waals surface area contributed by atoms with Crippen molar-refractivity contribution in [1.82, 2.24) is 4.98 Å². The van der Waals surface area contributed by atoms with Gasteiger partial charge in [-0.05, 0) is 48.5 Å². The Morgan fingerprint density at radius 2 is 1.81 bits per heavy atom. The average Bonchev–Trinajstić information content (AvgIpc) is 2.64. The molecule has 3 rings (SSSR count).